The quantitative estimate of drug-likeness (QED) is 0.841. The summed E-state index contributed by atoms with van der Waals surface area (Å²) in [5.41, 5.74) is 1.12. The van der Waals surface area contributed by atoms with Gasteiger partial charge in [-0.2, -0.15) is 0 Å². The Bertz CT molecular complexity index is 449. The van der Waals surface area contributed by atoms with Crippen molar-refractivity contribution >= 4 is 17.5 Å². The summed E-state index contributed by atoms with van der Waals surface area (Å²) >= 11 is 6.20. The Labute approximate surface area is 126 Å². The third-order valence-electron chi connectivity index (χ3n) is 3.04. The van der Waals surface area contributed by atoms with E-state index in [4.69, 9.17) is 16.3 Å². The molecule has 4 nitrogen and oxygen atoms in total. The average molecular weight is 299 g/mol. The van der Waals surface area contributed by atoms with Crippen molar-refractivity contribution in [3.8, 4) is 5.75 Å². The van der Waals surface area contributed by atoms with Crippen LogP contribution in [-0.4, -0.2) is 38.1 Å². The van der Waals surface area contributed by atoms with Crippen molar-refractivity contribution in [2.45, 2.75) is 26.3 Å². The van der Waals surface area contributed by atoms with Crippen LogP contribution >= 0.6 is 11.6 Å². The molecule has 1 atom stereocenters. The zero-order chi connectivity index (χ0) is 15.1. The van der Waals surface area contributed by atoms with Crippen molar-refractivity contribution < 1.29 is 9.53 Å². The number of halogens is 1. The Hall–Kier alpha value is -1.26. The minimum Gasteiger partial charge on any atom is -0.491 e. The molecule has 1 N–H and O–H groups in total. The fraction of sp³-hybridized carbons (Fsp3) is 0.533. The highest BCUT2D eigenvalue weighted by molar-refractivity contribution is 6.32. The van der Waals surface area contributed by atoms with Crippen LogP contribution < -0.4 is 10.1 Å². The number of nitrogens with zero attached hydrogens (tertiary/aromatic N) is 1. The summed E-state index contributed by atoms with van der Waals surface area (Å²) in [7, 11) is 3.46. The highest BCUT2D eigenvalue weighted by Crippen LogP contribution is 2.28. The monoisotopic (exact) mass is 298 g/mol. The molecule has 112 valence electrons. The van der Waals surface area contributed by atoms with Crippen LogP contribution in [0.15, 0.2) is 18.2 Å². The van der Waals surface area contributed by atoms with E-state index in [2.05, 4.69) is 19.2 Å². The molecule has 1 amide bonds. The van der Waals surface area contributed by atoms with Gasteiger partial charge in [0.1, 0.15) is 5.75 Å². The van der Waals surface area contributed by atoms with Crippen LogP contribution in [0.4, 0.5) is 0 Å². The fourth-order valence-corrected chi connectivity index (χ4v) is 2.04. The van der Waals surface area contributed by atoms with Gasteiger partial charge in [0, 0.05) is 20.1 Å². The molecule has 1 rings (SSSR count). The van der Waals surface area contributed by atoms with Gasteiger partial charge in [-0.25, -0.2) is 0 Å². The van der Waals surface area contributed by atoms with Crippen molar-refractivity contribution in [3.63, 3.8) is 0 Å². The van der Waals surface area contributed by atoms with Crippen molar-refractivity contribution in [1.82, 2.24) is 10.2 Å². The first kappa shape index (κ1) is 16.8. The summed E-state index contributed by atoms with van der Waals surface area (Å²) in [5.74, 6) is 0.657. The summed E-state index contributed by atoms with van der Waals surface area (Å²) in [6.07, 6.45) is 0.346. The van der Waals surface area contributed by atoms with E-state index in [0.29, 0.717) is 23.8 Å². The first-order chi connectivity index (χ1) is 9.45. The number of amides is 1. The number of carbonyl (C=O) groups excluding carboxylic acids is 1. The predicted molar refractivity (Wildman–Crippen MR) is 82.3 cm³/mol. The number of hydrogen-bond donors (Lipinski definition) is 1. The summed E-state index contributed by atoms with van der Waals surface area (Å²) in [4.78, 5) is 13.0. The van der Waals surface area contributed by atoms with E-state index in [0.717, 1.165) is 12.1 Å². The second-order valence-corrected chi connectivity index (χ2v) is 5.26. The van der Waals surface area contributed by atoms with Crippen LogP contribution in [0.2, 0.25) is 5.02 Å². The third kappa shape index (κ3) is 5.02. The van der Waals surface area contributed by atoms with E-state index in [1.54, 1.807) is 19.0 Å². The van der Waals surface area contributed by atoms with Gasteiger partial charge >= 0.3 is 0 Å². The first-order valence-corrected chi connectivity index (χ1v) is 7.19. The Morgan fingerprint density at radius 2 is 2.15 bits per heavy atom. The van der Waals surface area contributed by atoms with Crippen molar-refractivity contribution in [3.05, 3.63) is 28.8 Å². The number of benzene rings is 1. The van der Waals surface area contributed by atoms with Crippen LogP contribution in [-0.2, 0) is 4.79 Å². The molecule has 0 spiro atoms. The summed E-state index contributed by atoms with van der Waals surface area (Å²) in [6, 6.07) is 5.99. The zero-order valence-electron chi connectivity index (χ0n) is 12.6. The summed E-state index contributed by atoms with van der Waals surface area (Å²) < 4.78 is 5.55. The van der Waals surface area contributed by atoms with E-state index in [-0.39, 0.29) is 11.9 Å². The van der Waals surface area contributed by atoms with E-state index in [1.807, 2.05) is 18.2 Å². The molecule has 0 heterocycles. The van der Waals surface area contributed by atoms with Crippen molar-refractivity contribution in [2.24, 2.45) is 0 Å². The van der Waals surface area contributed by atoms with Crippen LogP contribution in [0.1, 0.15) is 31.9 Å². The maximum absolute atomic E-state index is 11.4. The first-order valence-electron chi connectivity index (χ1n) is 6.81. The molecule has 1 aromatic rings. The second-order valence-electron chi connectivity index (χ2n) is 4.86. The maximum Gasteiger partial charge on any atom is 0.225 e. The SMILES string of the molecule is CCNC(C)c1ccc(OCCC(=O)N(C)C)c(Cl)c1. The number of carbonyl (C=O) groups is 1. The molecule has 1 aromatic carbocycles. The van der Waals surface area contributed by atoms with Crippen molar-refractivity contribution in [1.29, 1.82) is 0 Å². The van der Waals surface area contributed by atoms with Gasteiger partial charge in [0.25, 0.3) is 0 Å². The zero-order valence-corrected chi connectivity index (χ0v) is 13.3. The molecule has 0 bridgehead atoms. The normalized spacial score (nSPS) is 12.1. The van der Waals surface area contributed by atoms with E-state index < -0.39 is 0 Å². The fourth-order valence-electron chi connectivity index (χ4n) is 1.80. The van der Waals surface area contributed by atoms with Gasteiger partial charge in [-0.15, -0.1) is 0 Å². The molecule has 0 aliphatic heterocycles. The lowest BCUT2D eigenvalue weighted by Gasteiger charge is -2.15. The topological polar surface area (TPSA) is 41.6 Å². The number of nitrogens with one attached hydrogen (secondary N) is 1. The van der Waals surface area contributed by atoms with Gasteiger partial charge in [-0.05, 0) is 31.2 Å². The lowest BCUT2D eigenvalue weighted by Crippen LogP contribution is -2.23. The highest BCUT2D eigenvalue weighted by Gasteiger charge is 2.09. The van der Waals surface area contributed by atoms with Crippen LogP contribution in [0, 0.1) is 0 Å². The standard InChI is InChI=1S/C15H23ClN2O2/c1-5-17-11(2)12-6-7-14(13(16)10-12)20-9-8-15(19)18(3)4/h6-7,10-11,17H,5,8-9H2,1-4H3. The maximum atomic E-state index is 11.4. The molecule has 0 saturated carbocycles. The number of ether oxygens (including phenoxy) is 1. The van der Waals surface area contributed by atoms with Gasteiger partial charge in [0.05, 0.1) is 18.1 Å². The lowest BCUT2D eigenvalue weighted by atomic mass is 10.1. The van der Waals surface area contributed by atoms with Crippen molar-refractivity contribution in [2.75, 3.05) is 27.2 Å². The number of rotatable bonds is 7. The summed E-state index contributed by atoms with van der Waals surface area (Å²) in [6.45, 7) is 5.39. The van der Waals surface area contributed by atoms with E-state index in [1.165, 1.54) is 0 Å². The molecule has 0 saturated heterocycles. The minimum atomic E-state index is 0.0403. The van der Waals surface area contributed by atoms with Gasteiger partial charge in [0.15, 0.2) is 0 Å². The Kier molecular flexibility index (Phi) is 6.82. The smallest absolute Gasteiger partial charge is 0.225 e. The minimum absolute atomic E-state index is 0.0403. The molecular formula is C15H23ClN2O2. The van der Waals surface area contributed by atoms with Crippen LogP contribution in [0.25, 0.3) is 0 Å². The predicted octanol–water partition coefficient (Wildman–Crippen LogP) is 2.87. The number of hydrogen-bond acceptors (Lipinski definition) is 3. The van der Waals surface area contributed by atoms with E-state index in [9.17, 15) is 4.79 Å². The largest absolute Gasteiger partial charge is 0.491 e. The lowest BCUT2D eigenvalue weighted by molar-refractivity contribution is -0.129. The average Bonchev–Trinajstić information content (AvgIpc) is 2.40. The van der Waals surface area contributed by atoms with Gasteiger partial charge in [-0.1, -0.05) is 24.6 Å². The summed E-state index contributed by atoms with van der Waals surface area (Å²) in [5, 5.41) is 3.90. The second kappa shape index (κ2) is 8.12. The molecule has 5 heteroatoms. The molecule has 0 aromatic heterocycles. The Morgan fingerprint density at radius 1 is 1.45 bits per heavy atom. The highest BCUT2D eigenvalue weighted by atomic mass is 35.5. The molecule has 0 radical (unpaired) electrons. The molecule has 0 fully saturated rings. The molecule has 20 heavy (non-hydrogen) atoms. The van der Waals surface area contributed by atoms with Crippen LogP contribution in [0.3, 0.4) is 0 Å². The molecule has 1 unspecified atom stereocenters. The van der Waals surface area contributed by atoms with Gasteiger partial charge in [0.2, 0.25) is 5.91 Å². The van der Waals surface area contributed by atoms with Gasteiger partial charge in [-0.3, -0.25) is 4.79 Å². The molecule has 0 aliphatic rings. The Morgan fingerprint density at radius 3 is 2.70 bits per heavy atom. The van der Waals surface area contributed by atoms with Crippen LogP contribution in [0.5, 0.6) is 5.75 Å². The third-order valence-corrected chi connectivity index (χ3v) is 3.33. The van der Waals surface area contributed by atoms with Gasteiger partial charge < -0.3 is 15.0 Å². The molecular weight excluding hydrogens is 276 g/mol. The van der Waals surface area contributed by atoms with E-state index >= 15 is 0 Å². The molecule has 0 aliphatic carbocycles. The Balaban J connectivity index is 2.58.